The van der Waals surface area contributed by atoms with Gasteiger partial charge in [-0.25, -0.2) is 17.5 Å². The molecule has 11 heteroatoms. The second-order valence-electron chi connectivity index (χ2n) is 6.18. The average Bonchev–Trinajstić information content (AvgIpc) is 3.10. The molecule has 3 rings (SSSR count). The summed E-state index contributed by atoms with van der Waals surface area (Å²) in [7, 11) is -3.73. The Balaban J connectivity index is 1.59. The number of sulfonamides is 1. The van der Waals surface area contributed by atoms with Gasteiger partial charge in [-0.2, -0.15) is 4.52 Å². The fourth-order valence-corrected chi connectivity index (χ4v) is 3.64. The Morgan fingerprint density at radius 3 is 2.66 bits per heavy atom. The fourth-order valence-electron chi connectivity index (χ4n) is 2.61. The van der Waals surface area contributed by atoms with Crippen LogP contribution < -0.4 is 10.0 Å². The summed E-state index contributed by atoms with van der Waals surface area (Å²) in [4.78, 5) is 0.00154. The van der Waals surface area contributed by atoms with Crippen LogP contribution in [0, 0.1) is 5.82 Å². The Kier molecular flexibility index (Phi) is 7.07. The summed E-state index contributed by atoms with van der Waals surface area (Å²) in [5, 5.41) is 15.8. The highest BCUT2D eigenvalue weighted by atomic mass is 32.2. The first-order chi connectivity index (χ1) is 14.0. The van der Waals surface area contributed by atoms with Gasteiger partial charge >= 0.3 is 0 Å². The predicted molar refractivity (Wildman–Crippen MR) is 106 cm³/mol. The lowest BCUT2D eigenvalue weighted by Gasteiger charge is -2.07. The Morgan fingerprint density at radius 2 is 1.90 bits per heavy atom. The predicted octanol–water partition coefficient (Wildman–Crippen LogP) is 1.62. The molecule has 0 radical (unpaired) electrons. The van der Waals surface area contributed by atoms with Crippen molar-refractivity contribution in [2.24, 2.45) is 0 Å². The van der Waals surface area contributed by atoms with Gasteiger partial charge in [0.25, 0.3) is 0 Å². The highest BCUT2D eigenvalue weighted by Gasteiger charge is 2.15. The molecule has 0 amide bonds. The van der Waals surface area contributed by atoms with E-state index in [1.54, 1.807) is 10.6 Å². The van der Waals surface area contributed by atoms with E-state index in [0.717, 1.165) is 18.6 Å². The molecule has 156 valence electrons. The van der Waals surface area contributed by atoms with Crippen LogP contribution in [-0.2, 0) is 21.2 Å². The summed E-state index contributed by atoms with van der Waals surface area (Å²) < 4.78 is 46.9. The average molecular weight is 422 g/mol. The lowest BCUT2D eigenvalue weighted by atomic mass is 10.4. The van der Waals surface area contributed by atoms with Crippen molar-refractivity contribution in [1.29, 1.82) is 0 Å². The van der Waals surface area contributed by atoms with Gasteiger partial charge in [0.2, 0.25) is 10.0 Å². The van der Waals surface area contributed by atoms with E-state index in [9.17, 15) is 12.8 Å². The van der Waals surface area contributed by atoms with Crippen molar-refractivity contribution in [1.82, 2.24) is 24.5 Å². The van der Waals surface area contributed by atoms with E-state index in [2.05, 4.69) is 25.3 Å². The molecule has 3 aromatic rings. The Bertz CT molecular complexity index is 1040. The number of benzene rings is 1. The van der Waals surface area contributed by atoms with Crippen LogP contribution in [0.3, 0.4) is 0 Å². The number of nitrogens with one attached hydrogen (secondary N) is 2. The first-order valence-electron chi connectivity index (χ1n) is 9.28. The van der Waals surface area contributed by atoms with Crippen molar-refractivity contribution in [2.75, 3.05) is 31.6 Å². The van der Waals surface area contributed by atoms with Gasteiger partial charge in [-0.05, 0) is 49.7 Å². The Hall–Kier alpha value is -2.63. The molecule has 2 N–H and O–H groups in total. The summed E-state index contributed by atoms with van der Waals surface area (Å²) in [5.41, 5.74) is 0.571. The van der Waals surface area contributed by atoms with E-state index >= 15 is 0 Å². The number of halogens is 1. The van der Waals surface area contributed by atoms with Crippen molar-refractivity contribution in [3.63, 3.8) is 0 Å². The minimum absolute atomic E-state index is 0.00154. The molecule has 0 aliphatic rings. The number of ether oxygens (including phenoxy) is 1. The van der Waals surface area contributed by atoms with Gasteiger partial charge in [0.15, 0.2) is 11.5 Å². The molecular weight excluding hydrogens is 399 g/mol. The molecule has 1 aromatic carbocycles. The molecule has 2 aromatic heterocycles. The summed E-state index contributed by atoms with van der Waals surface area (Å²) in [6, 6.07) is 8.24. The zero-order chi connectivity index (χ0) is 20.7. The minimum Gasteiger partial charge on any atom is -0.382 e. The number of rotatable bonds is 11. The highest BCUT2D eigenvalue weighted by Crippen LogP contribution is 2.10. The van der Waals surface area contributed by atoms with Gasteiger partial charge in [0.1, 0.15) is 11.6 Å². The number of fused-ring (bicyclic) bond motifs is 1. The summed E-state index contributed by atoms with van der Waals surface area (Å²) in [6.07, 6.45) is 1.15. The smallest absolute Gasteiger partial charge is 0.240 e. The second kappa shape index (κ2) is 9.72. The number of hydrogen-bond acceptors (Lipinski definition) is 7. The van der Waals surface area contributed by atoms with E-state index in [4.69, 9.17) is 4.74 Å². The van der Waals surface area contributed by atoms with Crippen LogP contribution in [0.25, 0.3) is 5.65 Å². The van der Waals surface area contributed by atoms with Crippen molar-refractivity contribution < 1.29 is 17.5 Å². The normalized spacial score (nSPS) is 11.8. The van der Waals surface area contributed by atoms with Crippen LogP contribution in [-0.4, -0.2) is 54.5 Å². The Labute approximate surface area is 168 Å². The molecule has 29 heavy (non-hydrogen) atoms. The monoisotopic (exact) mass is 422 g/mol. The highest BCUT2D eigenvalue weighted by molar-refractivity contribution is 7.89. The number of anilines is 1. The maximum absolute atomic E-state index is 13.0. The van der Waals surface area contributed by atoms with Crippen LogP contribution >= 0.6 is 0 Å². The van der Waals surface area contributed by atoms with Crippen molar-refractivity contribution >= 4 is 21.5 Å². The zero-order valence-electron chi connectivity index (χ0n) is 16.0. The number of nitrogens with zero attached hydrogens (tertiary/aromatic N) is 4. The van der Waals surface area contributed by atoms with Gasteiger partial charge < -0.3 is 10.1 Å². The number of aromatic nitrogens is 4. The van der Waals surface area contributed by atoms with Gasteiger partial charge in [0, 0.05) is 32.7 Å². The van der Waals surface area contributed by atoms with Crippen molar-refractivity contribution in [3.05, 3.63) is 48.0 Å². The standard InChI is InChI=1S/C18H23FN6O3S/c1-2-28-13-3-11-20-16-8-9-17-22-23-18(25(17)24-16)10-12-21-29(26,27)15-6-4-14(19)5-7-15/h4-9,21H,2-3,10-13H2,1H3,(H,20,24). The molecule has 0 saturated heterocycles. The van der Waals surface area contributed by atoms with Gasteiger partial charge in [0.05, 0.1) is 4.90 Å². The van der Waals surface area contributed by atoms with Crippen molar-refractivity contribution in [3.8, 4) is 0 Å². The third-order valence-electron chi connectivity index (χ3n) is 4.07. The molecule has 9 nitrogen and oxygen atoms in total. The SMILES string of the molecule is CCOCCCNc1ccc2nnc(CCNS(=O)(=O)c3ccc(F)cc3)n2n1. The maximum Gasteiger partial charge on any atom is 0.240 e. The topological polar surface area (TPSA) is 111 Å². The molecule has 0 aliphatic heterocycles. The van der Waals surface area contributed by atoms with Crippen LogP contribution in [0.2, 0.25) is 0 Å². The minimum atomic E-state index is -3.73. The largest absolute Gasteiger partial charge is 0.382 e. The molecule has 0 fully saturated rings. The molecule has 0 aliphatic carbocycles. The van der Waals surface area contributed by atoms with Gasteiger partial charge in [-0.15, -0.1) is 15.3 Å². The van der Waals surface area contributed by atoms with E-state index in [0.29, 0.717) is 43.5 Å². The van der Waals surface area contributed by atoms with Crippen LogP contribution in [0.15, 0.2) is 41.3 Å². The van der Waals surface area contributed by atoms with Crippen LogP contribution in [0.1, 0.15) is 19.2 Å². The van der Waals surface area contributed by atoms with E-state index in [-0.39, 0.29) is 11.4 Å². The molecule has 0 saturated carbocycles. The zero-order valence-corrected chi connectivity index (χ0v) is 16.8. The first-order valence-corrected chi connectivity index (χ1v) is 10.8. The van der Waals surface area contributed by atoms with Gasteiger partial charge in [-0.1, -0.05) is 0 Å². The number of hydrogen-bond donors (Lipinski definition) is 2. The van der Waals surface area contributed by atoms with Crippen molar-refractivity contribution in [2.45, 2.75) is 24.7 Å². The first kappa shape index (κ1) is 21.1. The second-order valence-corrected chi connectivity index (χ2v) is 7.95. The van der Waals surface area contributed by atoms with E-state index < -0.39 is 15.8 Å². The fraction of sp³-hybridized carbons (Fsp3) is 0.389. The van der Waals surface area contributed by atoms with Crippen LogP contribution in [0.5, 0.6) is 0 Å². The molecule has 0 atom stereocenters. The van der Waals surface area contributed by atoms with Gasteiger partial charge in [-0.3, -0.25) is 0 Å². The lowest BCUT2D eigenvalue weighted by molar-refractivity contribution is 0.147. The molecule has 2 heterocycles. The third-order valence-corrected chi connectivity index (χ3v) is 5.54. The van der Waals surface area contributed by atoms with E-state index in [1.165, 1.54) is 12.1 Å². The molecule has 0 spiro atoms. The summed E-state index contributed by atoms with van der Waals surface area (Å²) >= 11 is 0. The quantitative estimate of drug-likeness (QED) is 0.452. The third kappa shape index (κ3) is 5.68. The summed E-state index contributed by atoms with van der Waals surface area (Å²) in [6.45, 7) is 4.15. The molecule has 0 unspecified atom stereocenters. The molecular formula is C18H23FN6O3S. The van der Waals surface area contributed by atoms with E-state index in [1.807, 2.05) is 13.0 Å². The van der Waals surface area contributed by atoms with Crippen LogP contribution in [0.4, 0.5) is 10.2 Å². The maximum atomic E-state index is 13.0. The molecule has 0 bridgehead atoms. The summed E-state index contributed by atoms with van der Waals surface area (Å²) in [5.74, 6) is 0.703. The Morgan fingerprint density at radius 1 is 1.10 bits per heavy atom. The lowest BCUT2D eigenvalue weighted by Crippen LogP contribution is -2.26.